The Labute approximate surface area is 163 Å². The molecule has 2 N–H and O–H groups in total. The van der Waals surface area contributed by atoms with Crippen molar-refractivity contribution in [2.75, 3.05) is 0 Å². The molecule has 0 spiro atoms. The van der Waals surface area contributed by atoms with E-state index in [0.29, 0.717) is 0 Å². The standard InChI is InChI=1S/2C2H2F2O5S.2Na/c2*3-2(4,1(5)6)10(7,8)9;;/h2*(H,5,6)(H,7,8,9);;/q;;2*+1/p-2. The van der Waals surface area contributed by atoms with Crippen molar-refractivity contribution in [1.82, 2.24) is 0 Å². The predicted molar refractivity (Wildman–Crippen MR) is 43.0 cm³/mol. The molecule has 0 rings (SSSR count). The fraction of sp³-hybridized carbons (Fsp3) is 0.500. The van der Waals surface area contributed by atoms with Gasteiger partial charge in [0.15, 0.2) is 0 Å². The van der Waals surface area contributed by atoms with Crippen LogP contribution in [0.5, 0.6) is 0 Å². The number of rotatable bonds is 4. The van der Waals surface area contributed by atoms with Crippen LogP contribution in [0, 0.1) is 0 Å². The molecule has 0 aromatic rings. The maximum Gasteiger partial charge on any atom is 1.00 e. The zero-order valence-corrected chi connectivity index (χ0v) is 16.1. The van der Waals surface area contributed by atoms with Crippen LogP contribution in [0.15, 0.2) is 0 Å². The van der Waals surface area contributed by atoms with Gasteiger partial charge in [0.1, 0.15) is 11.9 Å². The van der Waals surface area contributed by atoms with Crippen LogP contribution < -0.4 is 69.3 Å². The molecule has 18 heteroatoms. The number of aliphatic carboxylic acids is 2. The molecule has 0 radical (unpaired) electrons. The number of hydrogen-bond acceptors (Lipinski definition) is 8. The quantitative estimate of drug-likeness (QED) is 0.262. The van der Waals surface area contributed by atoms with Crippen molar-refractivity contribution in [2.24, 2.45) is 0 Å². The third-order valence-electron chi connectivity index (χ3n) is 1.12. The summed E-state index contributed by atoms with van der Waals surface area (Å²) in [6.45, 7) is 0. The van der Waals surface area contributed by atoms with E-state index in [4.69, 9.17) is 9.11 Å². The van der Waals surface area contributed by atoms with Crippen LogP contribution in [0.25, 0.3) is 0 Å². The minimum Gasteiger partial charge on any atom is -0.543 e. The second-order valence-electron chi connectivity index (χ2n) is 2.56. The number of carboxylic acids is 2. The summed E-state index contributed by atoms with van der Waals surface area (Å²) in [5, 5.41) is 8.08. The fourth-order valence-corrected chi connectivity index (χ4v) is 0.632. The summed E-state index contributed by atoms with van der Waals surface area (Å²) in [6.07, 6.45) is 0. The van der Waals surface area contributed by atoms with E-state index in [2.05, 4.69) is 0 Å². The zero-order chi connectivity index (χ0) is 17.2. The van der Waals surface area contributed by atoms with E-state index in [1.165, 1.54) is 0 Å². The van der Waals surface area contributed by atoms with Crippen molar-refractivity contribution in [3.63, 3.8) is 0 Å². The maximum absolute atomic E-state index is 11.6. The van der Waals surface area contributed by atoms with Gasteiger partial charge in [-0.15, -0.1) is 0 Å². The van der Waals surface area contributed by atoms with Crippen molar-refractivity contribution < 1.29 is 122 Å². The molecule has 0 saturated carbocycles. The Morgan fingerprint density at radius 2 is 0.864 bits per heavy atom. The molecule has 0 amide bonds. The van der Waals surface area contributed by atoms with Gasteiger partial charge in [-0.25, -0.2) is 0 Å². The second-order valence-corrected chi connectivity index (χ2v) is 5.48. The summed E-state index contributed by atoms with van der Waals surface area (Å²) < 4.78 is 99.2. The van der Waals surface area contributed by atoms with Crippen LogP contribution in [0.2, 0.25) is 0 Å². The molecule has 0 aliphatic carbocycles. The summed E-state index contributed by atoms with van der Waals surface area (Å²) >= 11 is 0. The van der Waals surface area contributed by atoms with E-state index in [1.807, 2.05) is 0 Å². The van der Waals surface area contributed by atoms with E-state index >= 15 is 0 Å². The SMILES string of the molecule is O=C([O-])C(F)(F)S(=O)(=O)O.O=C([O-])C(F)(F)S(=O)(=O)O.[Na+].[Na+]. The van der Waals surface area contributed by atoms with Crippen molar-refractivity contribution in [3.05, 3.63) is 0 Å². The minimum absolute atomic E-state index is 0. The third kappa shape index (κ3) is 8.37. The summed E-state index contributed by atoms with van der Waals surface area (Å²) in [5.41, 5.74) is 0. The number of halogens is 4. The van der Waals surface area contributed by atoms with Crippen LogP contribution in [-0.2, 0) is 29.8 Å². The number of alkyl halides is 4. The first kappa shape index (κ1) is 30.4. The van der Waals surface area contributed by atoms with Crippen molar-refractivity contribution in [2.45, 2.75) is 10.5 Å². The van der Waals surface area contributed by atoms with E-state index in [0.717, 1.165) is 0 Å². The fourth-order valence-electron chi connectivity index (χ4n) is 0.211. The summed E-state index contributed by atoms with van der Waals surface area (Å²) in [4.78, 5) is 18.5. The topological polar surface area (TPSA) is 189 Å². The largest absolute Gasteiger partial charge is 1.00 e. The van der Waals surface area contributed by atoms with Crippen LogP contribution >= 0.6 is 0 Å². The molecule has 22 heavy (non-hydrogen) atoms. The molecule has 0 aliphatic rings. The normalized spacial score (nSPS) is 11.9. The molecule has 0 unspecified atom stereocenters. The van der Waals surface area contributed by atoms with E-state index < -0.39 is 42.7 Å². The third-order valence-corrected chi connectivity index (χ3v) is 2.75. The Hall–Kier alpha value is 0.480. The van der Waals surface area contributed by atoms with Gasteiger partial charge in [0.25, 0.3) is 0 Å². The maximum atomic E-state index is 11.6. The van der Waals surface area contributed by atoms with Gasteiger partial charge in [0, 0.05) is 0 Å². The molecule has 0 atom stereocenters. The minimum atomic E-state index is -5.90. The van der Waals surface area contributed by atoms with Gasteiger partial charge in [0.05, 0.1) is 0 Å². The Morgan fingerprint density at radius 1 is 0.727 bits per heavy atom. The van der Waals surface area contributed by atoms with E-state index in [1.54, 1.807) is 0 Å². The first-order valence-electron chi connectivity index (χ1n) is 3.51. The Bertz CT molecular complexity index is 544. The number of carboxylic acid groups (broad SMARTS) is 2. The Balaban J connectivity index is -0.000000135. The van der Waals surface area contributed by atoms with Gasteiger partial charge in [-0.05, 0) is 0 Å². The van der Waals surface area contributed by atoms with E-state index in [-0.39, 0.29) is 59.1 Å². The number of carbonyl (C=O) groups excluding carboxylic acids is 2. The first-order valence-corrected chi connectivity index (χ1v) is 6.39. The number of carbonyl (C=O) groups is 2. The molecule has 0 aliphatic heterocycles. The van der Waals surface area contributed by atoms with Gasteiger partial charge in [-0.2, -0.15) is 34.4 Å². The molecular weight excluding hydrogens is 394 g/mol. The predicted octanol–water partition coefficient (Wildman–Crippen LogP) is -9.56. The average Bonchev–Trinajstić information content (AvgIpc) is 2.14. The molecule has 0 bridgehead atoms. The van der Waals surface area contributed by atoms with Gasteiger partial charge < -0.3 is 19.8 Å². The van der Waals surface area contributed by atoms with Crippen molar-refractivity contribution in [3.8, 4) is 0 Å². The summed E-state index contributed by atoms with van der Waals surface area (Å²) in [6, 6.07) is 0. The van der Waals surface area contributed by atoms with Crippen LogP contribution in [-0.4, -0.2) is 48.4 Å². The van der Waals surface area contributed by atoms with Gasteiger partial charge in [0.2, 0.25) is 0 Å². The van der Waals surface area contributed by atoms with Crippen LogP contribution in [0.3, 0.4) is 0 Å². The van der Waals surface area contributed by atoms with Gasteiger partial charge in [-0.1, -0.05) is 0 Å². The van der Waals surface area contributed by atoms with Gasteiger partial charge >= 0.3 is 89.9 Å². The summed E-state index contributed by atoms with van der Waals surface area (Å²) in [7, 11) is -11.8. The van der Waals surface area contributed by atoms with Crippen LogP contribution in [0.4, 0.5) is 17.6 Å². The van der Waals surface area contributed by atoms with Crippen molar-refractivity contribution in [1.29, 1.82) is 0 Å². The zero-order valence-electron chi connectivity index (χ0n) is 10.5. The van der Waals surface area contributed by atoms with Crippen molar-refractivity contribution >= 4 is 32.2 Å². The first-order chi connectivity index (χ1) is 8.39. The molecule has 120 valence electrons. The van der Waals surface area contributed by atoms with Crippen LogP contribution in [0.1, 0.15) is 0 Å². The molecule has 0 heterocycles. The molecule has 0 saturated heterocycles. The number of hydrogen-bond donors (Lipinski definition) is 2. The van der Waals surface area contributed by atoms with Gasteiger partial charge in [-0.3, -0.25) is 9.11 Å². The molecule has 0 aromatic carbocycles. The molecule has 0 fully saturated rings. The monoisotopic (exact) mass is 396 g/mol. The molecule has 0 aromatic heterocycles. The van der Waals surface area contributed by atoms with E-state index in [9.17, 15) is 54.2 Å². The molecule has 10 nitrogen and oxygen atoms in total. The Kier molecular flexibility index (Phi) is 13.4. The average molecular weight is 396 g/mol. The molecular formula is C4H2F4Na2O10S2. The Morgan fingerprint density at radius 3 is 0.864 bits per heavy atom. The smallest absolute Gasteiger partial charge is 0.543 e. The second kappa shape index (κ2) is 9.70. The summed E-state index contributed by atoms with van der Waals surface area (Å²) in [5.74, 6) is -6.31.